The number of anilines is 1. The monoisotopic (exact) mass is 287 g/mol. The highest BCUT2D eigenvalue weighted by Gasteiger charge is 2.09. The second-order valence-electron chi connectivity index (χ2n) is 4.00. The van der Waals surface area contributed by atoms with E-state index in [1.165, 1.54) is 18.2 Å². The van der Waals surface area contributed by atoms with Gasteiger partial charge in [-0.05, 0) is 24.6 Å². The van der Waals surface area contributed by atoms with Crippen molar-refractivity contribution in [1.82, 2.24) is 0 Å². The summed E-state index contributed by atoms with van der Waals surface area (Å²) in [4.78, 5) is 10.7. The maximum atomic E-state index is 11.3. The second-order valence-corrected chi connectivity index (χ2v) is 6.47. The maximum absolute atomic E-state index is 11.3. The Morgan fingerprint density at radius 3 is 2.63 bits per heavy atom. The Bertz CT molecular complexity index is 553. The van der Waals surface area contributed by atoms with Crippen molar-refractivity contribution in [2.24, 2.45) is 0 Å². The van der Waals surface area contributed by atoms with Gasteiger partial charge in [-0.15, -0.1) is 0 Å². The van der Waals surface area contributed by atoms with Crippen molar-refractivity contribution in [2.75, 3.05) is 23.8 Å². The summed E-state index contributed by atoms with van der Waals surface area (Å²) in [5.41, 5.74) is 5.95. The summed E-state index contributed by atoms with van der Waals surface area (Å²) in [6.07, 6.45) is 0.371. The molecule has 0 atom stereocenters. The van der Waals surface area contributed by atoms with E-state index in [2.05, 4.69) is 0 Å². The van der Waals surface area contributed by atoms with E-state index in [-0.39, 0.29) is 29.4 Å². The summed E-state index contributed by atoms with van der Waals surface area (Å²) in [6, 6.07) is 4.16. The third kappa shape index (κ3) is 4.78. The van der Waals surface area contributed by atoms with Crippen molar-refractivity contribution >= 4 is 21.5 Å². The lowest BCUT2D eigenvalue weighted by atomic mass is 10.2. The predicted molar refractivity (Wildman–Crippen MR) is 72.3 cm³/mol. The highest BCUT2D eigenvalue weighted by Crippen LogP contribution is 2.22. The molecule has 106 valence electrons. The Balaban J connectivity index is 2.53. The lowest BCUT2D eigenvalue weighted by Gasteiger charge is -2.09. The molecule has 0 aromatic heterocycles. The number of carboxylic acids is 1. The van der Waals surface area contributed by atoms with E-state index < -0.39 is 15.8 Å². The van der Waals surface area contributed by atoms with Gasteiger partial charge in [0.25, 0.3) is 0 Å². The molecule has 1 aromatic rings. The zero-order valence-corrected chi connectivity index (χ0v) is 11.4. The van der Waals surface area contributed by atoms with Crippen LogP contribution in [0.3, 0.4) is 0 Å². The first kappa shape index (κ1) is 15.3. The second kappa shape index (κ2) is 6.42. The van der Waals surface area contributed by atoms with Gasteiger partial charge in [0, 0.05) is 5.75 Å². The molecule has 1 rings (SSSR count). The number of ether oxygens (including phenoxy) is 1. The molecule has 0 radical (unpaired) electrons. The molecule has 0 saturated carbocycles. The zero-order chi connectivity index (χ0) is 14.5. The van der Waals surface area contributed by atoms with Gasteiger partial charge in [-0.2, -0.15) is 0 Å². The molecule has 6 nitrogen and oxygen atoms in total. The third-order valence-corrected chi connectivity index (χ3v) is 4.34. The fourth-order valence-corrected chi connectivity index (χ4v) is 2.26. The minimum absolute atomic E-state index is 0.0661. The highest BCUT2D eigenvalue weighted by molar-refractivity contribution is 7.91. The van der Waals surface area contributed by atoms with Crippen LogP contribution in [0.25, 0.3) is 0 Å². The third-order valence-electron chi connectivity index (χ3n) is 2.55. The Labute approximate surface area is 112 Å². The minimum Gasteiger partial charge on any atom is -0.491 e. The van der Waals surface area contributed by atoms with Crippen molar-refractivity contribution in [3.05, 3.63) is 23.8 Å². The Hall–Kier alpha value is -1.76. The maximum Gasteiger partial charge on any atom is 0.335 e. The first-order valence-electron chi connectivity index (χ1n) is 5.82. The molecule has 0 aliphatic rings. The lowest BCUT2D eigenvalue weighted by molar-refractivity contribution is 0.0697. The summed E-state index contributed by atoms with van der Waals surface area (Å²) >= 11 is 0. The van der Waals surface area contributed by atoms with Crippen molar-refractivity contribution in [3.63, 3.8) is 0 Å². The van der Waals surface area contributed by atoms with Gasteiger partial charge >= 0.3 is 5.97 Å². The SMILES string of the molecule is CCS(=O)(=O)CCCOc1ccc(C(=O)O)cc1N. The van der Waals surface area contributed by atoms with Crippen LogP contribution < -0.4 is 10.5 Å². The molecule has 3 N–H and O–H groups in total. The largest absolute Gasteiger partial charge is 0.491 e. The first-order valence-corrected chi connectivity index (χ1v) is 7.64. The van der Waals surface area contributed by atoms with Crippen LogP contribution in [0, 0.1) is 0 Å². The van der Waals surface area contributed by atoms with E-state index in [1.54, 1.807) is 6.92 Å². The smallest absolute Gasteiger partial charge is 0.335 e. The van der Waals surface area contributed by atoms with Crippen LogP contribution in [0.1, 0.15) is 23.7 Å². The van der Waals surface area contributed by atoms with E-state index in [0.717, 1.165) is 0 Å². The first-order chi connectivity index (χ1) is 8.85. The molecule has 1 aromatic carbocycles. The summed E-state index contributed by atoms with van der Waals surface area (Å²) in [5.74, 6) is -0.523. The van der Waals surface area contributed by atoms with E-state index in [9.17, 15) is 13.2 Å². The molecule has 0 bridgehead atoms. The van der Waals surface area contributed by atoms with E-state index in [4.69, 9.17) is 15.6 Å². The van der Waals surface area contributed by atoms with Crippen LogP contribution in [0.5, 0.6) is 5.75 Å². The fraction of sp³-hybridized carbons (Fsp3) is 0.417. The van der Waals surface area contributed by atoms with Crippen molar-refractivity contribution < 1.29 is 23.1 Å². The molecule has 0 aliphatic heterocycles. The van der Waals surface area contributed by atoms with Gasteiger partial charge in [0.15, 0.2) is 0 Å². The molecular weight excluding hydrogens is 270 g/mol. The van der Waals surface area contributed by atoms with Crippen LogP contribution in [0.2, 0.25) is 0 Å². The van der Waals surface area contributed by atoms with Gasteiger partial charge in [0.2, 0.25) is 0 Å². The van der Waals surface area contributed by atoms with Crippen LogP contribution in [0.15, 0.2) is 18.2 Å². The molecule has 0 unspecified atom stereocenters. The van der Waals surface area contributed by atoms with Gasteiger partial charge < -0.3 is 15.6 Å². The molecule has 0 spiro atoms. The number of hydrogen-bond acceptors (Lipinski definition) is 5. The summed E-state index contributed by atoms with van der Waals surface area (Å²) in [6.45, 7) is 1.81. The van der Waals surface area contributed by atoms with Crippen molar-refractivity contribution in [2.45, 2.75) is 13.3 Å². The average molecular weight is 287 g/mol. The normalized spacial score (nSPS) is 11.2. The van der Waals surface area contributed by atoms with Gasteiger partial charge in [-0.1, -0.05) is 6.92 Å². The standard InChI is InChI=1S/C12H17NO5S/c1-2-19(16,17)7-3-6-18-11-5-4-9(12(14)15)8-10(11)13/h4-5,8H,2-3,6-7,13H2,1H3,(H,14,15). The van der Waals surface area contributed by atoms with Crippen LogP contribution >= 0.6 is 0 Å². The Morgan fingerprint density at radius 2 is 2.11 bits per heavy atom. The predicted octanol–water partition coefficient (Wildman–Crippen LogP) is 1.17. The minimum atomic E-state index is -2.99. The number of sulfone groups is 1. The van der Waals surface area contributed by atoms with E-state index in [1.807, 2.05) is 0 Å². The quantitative estimate of drug-likeness (QED) is 0.576. The van der Waals surface area contributed by atoms with Crippen LogP contribution in [0.4, 0.5) is 5.69 Å². The topological polar surface area (TPSA) is 107 Å². The van der Waals surface area contributed by atoms with Gasteiger partial charge in [-0.25, -0.2) is 13.2 Å². The number of benzene rings is 1. The average Bonchev–Trinajstić information content (AvgIpc) is 2.36. The zero-order valence-electron chi connectivity index (χ0n) is 10.6. The molecule has 0 heterocycles. The van der Waals surface area contributed by atoms with Crippen LogP contribution in [-0.4, -0.2) is 37.6 Å². The molecule has 0 fully saturated rings. The number of aromatic carboxylic acids is 1. The van der Waals surface area contributed by atoms with Gasteiger partial charge in [0.05, 0.1) is 23.6 Å². The number of nitrogens with two attached hydrogens (primary N) is 1. The number of rotatable bonds is 7. The Morgan fingerprint density at radius 1 is 1.42 bits per heavy atom. The fourth-order valence-electron chi connectivity index (χ4n) is 1.42. The lowest BCUT2D eigenvalue weighted by Crippen LogP contribution is -2.12. The van der Waals surface area contributed by atoms with Gasteiger partial charge in [0.1, 0.15) is 15.6 Å². The molecular formula is C12H17NO5S. The molecule has 19 heavy (non-hydrogen) atoms. The number of carbonyl (C=O) groups is 1. The number of hydrogen-bond donors (Lipinski definition) is 2. The molecule has 0 saturated heterocycles. The number of carboxylic acid groups (broad SMARTS) is 1. The molecule has 0 amide bonds. The molecule has 7 heteroatoms. The van der Waals surface area contributed by atoms with Gasteiger partial charge in [-0.3, -0.25) is 0 Å². The van der Waals surface area contributed by atoms with Crippen molar-refractivity contribution in [3.8, 4) is 5.75 Å². The molecule has 0 aliphatic carbocycles. The summed E-state index contributed by atoms with van der Waals surface area (Å²) < 4.78 is 27.8. The summed E-state index contributed by atoms with van der Waals surface area (Å²) in [7, 11) is -2.99. The number of nitrogen functional groups attached to an aromatic ring is 1. The van der Waals surface area contributed by atoms with Crippen LogP contribution in [-0.2, 0) is 9.84 Å². The highest BCUT2D eigenvalue weighted by atomic mass is 32.2. The van der Waals surface area contributed by atoms with E-state index >= 15 is 0 Å². The van der Waals surface area contributed by atoms with Crippen molar-refractivity contribution in [1.29, 1.82) is 0 Å². The van der Waals surface area contributed by atoms with E-state index in [0.29, 0.717) is 12.2 Å². The Kier molecular flexibility index (Phi) is 5.17. The summed E-state index contributed by atoms with van der Waals surface area (Å²) in [5, 5.41) is 8.77.